The summed E-state index contributed by atoms with van der Waals surface area (Å²) in [5.74, 6) is 2.03. The lowest BCUT2D eigenvalue weighted by Crippen LogP contribution is -2.70. The normalized spacial score (nSPS) is 50.1. The zero-order chi connectivity index (χ0) is 13.1. The van der Waals surface area contributed by atoms with E-state index in [1.54, 1.807) is 0 Å². The van der Waals surface area contributed by atoms with Crippen molar-refractivity contribution >= 4 is 0 Å². The molecule has 3 nitrogen and oxygen atoms in total. The molecule has 3 heteroatoms. The maximum atomic E-state index is 3.53. The average molecular weight is 263 g/mol. The number of hydrogen-bond donors (Lipinski definition) is 1. The van der Waals surface area contributed by atoms with Crippen LogP contribution in [-0.2, 0) is 0 Å². The van der Waals surface area contributed by atoms with Gasteiger partial charge in [0.1, 0.15) is 0 Å². The third kappa shape index (κ3) is 1.81. The highest BCUT2D eigenvalue weighted by Gasteiger charge is 2.60. The fraction of sp³-hybridized carbons (Fsp3) is 1.00. The van der Waals surface area contributed by atoms with Gasteiger partial charge in [-0.3, -0.25) is 4.90 Å². The molecule has 5 rings (SSSR count). The van der Waals surface area contributed by atoms with E-state index >= 15 is 0 Å². The Balaban J connectivity index is 1.66. The summed E-state index contributed by atoms with van der Waals surface area (Å²) in [6.07, 6.45) is 8.93. The average Bonchev–Trinajstić information content (AvgIpc) is 2.38. The molecule has 0 radical (unpaired) electrons. The van der Waals surface area contributed by atoms with Gasteiger partial charge >= 0.3 is 0 Å². The Hall–Kier alpha value is -0.120. The van der Waals surface area contributed by atoms with Gasteiger partial charge < -0.3 is 10.2 Å². The predicted molar refractivity (Wildman–Crippen MR) is 78.3 cm³/mol. The molecular weight excluding hydrogens is 234 g/mol. The molecule has 0 spiro atoms. The molecule has 0 amide bonds. The Kier molecular flexibility index (Phi) is 2.78. The number of hydrogen-bond acceptors (Lipinski definition) is 3. The SMILES string of the molecule is CN(C)C12CC3CC(C1)CC(N1CCNCC1)(C3)C2. The van der Waals surface area contributed by atoms with Crippen molar-refractivity contribution in [1.82, 2.24) is 15.1 Å². The molecule has 1 heterocycles. The van der Waals surface area contributed by atoms with Crippen LogP contribution >= 0.6 is 0 Å². The van der Waals surface area contributed by atoms with Crippen molar-refractivity contribution in [3.05, 3.63) is 0 Å². The van der Waals surface area contributed by atoms with E-state index in [0.29, 0.717) is 11.1 Å². The molecule has 0 aromatic rings. The molecule has 0 aromatic carbocycles. The molecule has 4 aliphatic carbocycles. The van der Waals surface area contributed by atoms with Crippen molar-refractivity contribution in [2.45, 2.75) is 49.6 Å². The van der Waals surface area contributed by atoms with Crippen LogP contribution < -0.4 is 5.32 Å². The molecular formula is C16H29N3. The van der Waals surface area contributed by atoms with Gasteiger partial charge in [0.05, 0.1) is 0 Å². The zero-order valence-electron chi connectivity index (χ0n) is 12.6. The van der Waals surface area contributed by atoms with Gasteiger partial charge in [-0.05, 0) is 64.5 Å². The largest absolute Gasteiger partial charge is 0.314 e. The van der Waals surface area contributed by atoms with Gasteiger partial charge in [-0.15, -0.1) is 0 Å². The molecule has 0 aromatic heterocycles. The Morgan fingerprint density at radius 2 is 1.63 bits per heavy atom. The van der Waals surface area contributed by atoms with E-state index in [-0.39, 0.29) is 0 Å². The van der Waals surface area contributed by atoms with Gasteiger partial charge in [0.15, 0.2) is 0 Å². The highest BCUT2D eigenvalue weighted by molar-refractivity contribution is 5.16. The number of nitrogens with zero attached hydrogens (tertiary/aromatic N) is 2. The van der Waals surface area contributed by atoms with Crippen molar-refractivity contribution in [1.29, 1.82) is 0 Å². The van der Waals surface area contributed by atoms with Crippen molar-refractivity contribution in [2.24, 2.45) is 11.8 Å². The second-order valence-electron chi connectivity index (χ2n) is 8.04. The molecule has 4 bridgehead atoms. The molecule has 1 saturated heterocycles. The molecule has 5 fully saturated rings. The summed E-state index contributed by atoms with van der Waals surface area (Å²) in [4.78, 5) is 5.46. The van der Waals surface area contributed by atoms with Gasteiger partial charge in [-0.1, -0.05) is 0 Å². The lowest BCUT2D eigenvalue weighted by Gasteiger charge is -2.67. The third-order valence-corrected chi connectivity index (χ3v) is 6.74. The van der Waals surface area contributed by atoms with E-state index in [9.17, 15) is 0 Å². The summed E-state index contributed by atoms with van der Waals surface area (Å²) < 4.78 is 0. The maximum absolute atomic E-state index is 3.53. The minimum absolute atomic E-state index is 0.537. The fourth-order valence-electron chi connectivity index (χ4n) is 6.20. The van der Waals surface area contributed by atoms with Crippen LogP contribution in [0, 0.1) is 11.8 Å². The minimum Gasteiger partial charge on any atom is -0.314 e. The molecule has 1 aliphatic heterocycles. The van der Waals surface area contributed by atoms with Crippen LogP contribution in [0.5, 0.6) is 0 Å². The first-order valence-corrected chi connectivity index (χ1v) is 8.25. The van der Waals surface area contributed by atoms with E-state index in [4.69, 9.17) is 0 Å². The highest BCUT2D eigenvalue weighted by Crippen LogP contribution is 2.60. The second kappa shape index (κ2) is 4.19. The predicted octanol–water partition coefficient (Wildman–Crippen LogP) is 1.54. The number of nitrogens with one attached hydrogen (secondary N) is 1. The van der Waals surface area contributed by atoms with E-state index < -0.39 is 0 Å². The summed E-state index contributed by atoms with van der Waals surface area (Å²) >= 11 is 0. The van der Waals surface area contributed by atoms with Crippen molar-refractivity contribution in [3.63, 3.8) is 0 Å². The number of piperazine rings is 1. The van der Waals surface area contributed by atoms with Gasteiger partial charge in [0.25, 0.3) is 0 Å². The number of rotatable bonds is 2. The first-order chi connectivity index (χ1) is 9.12. The maximum Gasteiger partial charge on any atom is 0.0233 e. The first kappa shape index (κ1) is 12.6. The quantitative estimate of drug-likeness (QED) is 0.815. The Morgan fingerprint density at radius 3 is 2.21 bits per heavy atom. The minimum atomic E-state index is 0.537. The van der Waals surface area contributed by atoms with Crippen LogP contribution in [-0.4, -0.2) is 61.2 Å². The molecule has 5 aliphatic rings. The van der Waals surface area contributed by atoms with Gasteiger partial charge in [0.2, 0.25) is 0 Å². The summed E-state index contributed by atoms with van der Waals surface area (Å²) in [6, 6.07) is 0. The summed E-state index contributed by atoms with van der Waals surface area (Å²) in [6.45, 7) is 4.96. The highest BCUT2D eigenvalue weighted by atomic mass is 15.3. The topological polar surface area (TPSA) is 18.5 Å². The van der Waals surface area contributed by atoms with Crippen molar-refractivity contribution in [2.75, 3.05) is 40.3 Å². The Labute approximate surface area is 117 Å². The van der Waals surface area contributed by atoms with Crippen molar-refractivity contribution < 1.29 is 0 Å². The van der Waals surface area contributed by atoms with Crippen molar-refractivity contribution in [3.8, 4) is 0 Å². The summed E-state index contributed by atoms with van der Waals surface area (Å²) in [7, 11) is 4.66. The van der Waals surface area contributed by atoms with E-state index in [2.05, 4.69) is 29.2 Å². The first-order valence-electron chi connectivity index (χ1n) is 8.25. The monoisotopic (exact) mass is 263 g/mol. The lowest BCUT2D eigenvalue weighted by atomic mass is 9.49. The van der Waals surface area contributed by atoms with Crippen LogP contribution in [0.2, 0.25) is 0 Å². The Morgan fingerprint density at radius 1 is 1.00 bits per heavy atom. The van der Waals surface area contributed by atoms with Gasteiger partial charge in [-0.2, -0.15) is 0 Å². The van der Waals surface area contributed by atoms with Crippen LogP contribution in [0.3, 0.4) is 0 Å². The van der Waals surface area contributed by atoms with Crippen LogP contribution in [0.4, 0.5) is 0 Å². The molecule has 19 heavy (non-hydrogen) atoms. The fourth-order valence-corrected chi connectivity index (χ4v) is 6.20. The Bertz CT molecular complexity index is 345. The van der Waals surface area contributed by atoms with Crippen LogP contribution in [0.25, 0.3) is 0 Å². The zero-order valence-corrected chi connectivity index (χ0v) is 12.6. The van der Waals surface area contributed by atoms with Crippen LogP contribution in [0.15, 0.2) is 0 Å². The van der Waals surface area contributed by atoms with Gasteiger partial charge in [0, 0.05) is 37.3 Å². The van der Waals surface area contributed by atoms with E-state index in [1.165, 1.54) is 64.7 Å². The molecule has 2 unspecified atom stereocenters. The summed E-state index contributed by atoms with van der Waals surface area (Å²) in [5.41, 5.74) is 1.10. The molecule has 2 atom stereocenters. The smallest absolute Gasteiger partial charge is 0.0233 e. The second-order valence-corrected chi connectivity index (χ2v) is 8.04. The molecule has 1 N–H and O–H groups in total. The lowest BCUT2D eigenvalue weighted by molar-refractivity contribution is -0.141. The third-order valence-electron chi connectivity index (χ3n) is 6.74. The molecule has 4 saturated carbocycles. The van der Waals surface area contributed by atoms with E-state index in [1.807, 2.05) is 0 Å². The van der Waals surface area contributed by atoms with E-state index in [0.717, 1.165) is 11.8 Å². The summed E-state index contributed by atoms with van der Waals surface area (Å²) in [5, 5.41) is 3.53. The standard InChI is InChI=1S/C16H29N3/c1-18(2)15-8-13-7-14(9-15)11-16(10-13,12-15)19-5-3-17-4-6-19/h13-14,17H,3-12H2,1-2H3. The molecule has 108 valence electrons. The van der Waals surface area contributed by atoms with Gasteiger partial charge in [-0.25, -0.2) is 0 Å². The van der Waals surface area contributed by atoms with Crippen LogP contribution in [0.1, 0.15) is 38.5 Å².